The van der Waals surface area contributed by atoms with E-state index in [2.05, 4.69) is 22.1 Å². The lowest BCUT2D eigenvalue weighted by atomic mass is 9.93. The fraction of sp³-hybridized carbons (Fsp3) is 0.500. The van der Waals surface area contributed by atoms with Crippen molar-refractivity contribution >= 4 is 23.2 Å². The molecule has 1 saturated carbocycles. The first-order valence-electron chi connectivity index (χ1n) is 11.0. The van der Waals surface area contributed by atoms with Gasteiger partial charge in [-0.1, -0.05) is 30.9 Å². The maximum atomic E-state index is 13.1. The predicted octanol–water partition coefficient (Wildman–Crippen LogP) is 4.74. The fourth-order valence-corrected chi connectivity index (χ4v) is 4.72. The van der Waals surface area contributed by atoms with Crippen molar-refractivity contribution in [2.75, 3.05) is 18.6 Å². The Bertz CT molecular complexity index is 996. The lowest BCUT2D eigenvalue weighted by Crippen LogP contribution is -2.37. The first-order chi connectivity index (χ1) is 14.8. The number of hydrogen-bond acceptors (Lipinski definition) is 4. The van der Waals surface area contributed by atoms with E-state index in [1.165, 1.54) is 32.4 Å². The summed E-state index contributed by atoms with van der Waals surface area (Å²) < 4.78 is 5.29. The van der Waals surface area contributed by atoms with Crippen molar-refractivity contribution in [3.8, 4) is 5.88 Å². The maximum absolute atomic E-state index is 13.1. The van der Waals surface area contributed by atoms with Gasteiger partial charge in [-0.3, -0.25) is 9.59 Å². The highest BCUT2D eigenvalue weighted by Gasteiger charge is 2.24. The second-order valence-corrected chi connectivity index (χ2v) is 8.62. The number of methoxy groups -OCH3 is 1. The van der Waals surface area contributed by atoms with E-state index in [9.17, 15) is 9.59 Å². The molecule has 3 rings (SSSR count). The molecule has 168 valence electrons. The summed E-state index contributed by atoms with van der Waals surface area (Å²) in [6.45, 7) is 6.83. The highest BCUT2D eigenvalue weighted by molar-refractivity contribution is 6.31. The van der Waals surface area contributed by atoms with Crippen LogP contribution in [-0.4, -0.2) is 30.6 Å². The molecule has 1 aromatic heterocycles. The Balaban J connectivity index is 1.86. The number of carbonyl (C=O) groups is 1. The number of aryl methyl sites for hydroxylation is 1. The number of aromatic nitrogens is 1. The highest BCUT2D eigenvalue weighted by atomic mass is 35.5. The fourth-order valence-electron chi connectivity index (χ4n) is 4.51. The highest BCUT2D eigenvalue weighted by Crippen LogP contribution is 2.33. The average Bonchev–Trinajstić information content (AvgIpc) is 2.75. The molecule has 0 bridgehead atoms. The third-order valence-electron chi connectivity index (χ3n) is 6.11. The first-order valence-corrected chi connectivity index (χ1v) is 11.3. The summed E-state index contributed by atoms with van der Waals surface area (Å²) in [5.74, 6) is 0.103. The molecule has 1 heterocycles. The van der Waals surface area contributed by atoms with Crippen LogP contribution < -0.4 is 20.4 Å². The largest absolute Gasteiger partial charge is 0.482 e. The number of anilines is 1. The van der Waals surface area contributed by atoms with Crippen LogP contribution >= 0.6 is 11.6 Å². The molecular formula is C24H32ClN3O3. The number of rotatable bonds is 7. The monoisotopic (exact) mass is 445 g/mol. The number of benzene rings is 1. The summed E-state index contributed by atoms with van der Waals surface area (Å²) in [6, 6.07) is 5.62. The van der Waals surface area contributed by atoms with Gasteiger partial charge in [-0.2, -0.15) is 0 Å². The zero-order valence-corrected chi connectivity index (χ0v) is 19.6. The maximum Gasteiger partial charge on any atom is 0.251 e. The third kappa shape index (κ3) is 5.24. The molecule has 2 aromatic rings. The Morgan fingerprint density at radius 1 is 1.23 bits per heavy atom. The Morgan fingerprint density at radius 2 is 1.94 bits per heavy atom. The van der Waals surface area contributed by atoms with E-state index in [-0.39, 0.29) is 17.9 Å². The van der Waals surface area contributed by atoms with Gasteiger partial charge in [-0.25, -0.2) is 0 Å². The van der Waals surface area contributed by atoms with Crippen LogP contribution in [0.3, 0.4) is 0 Å². The minimum atomic E-state index is -0.261. The molecule has 0 radical (unpaired) electrons. The molecule has 1 aliphatic carbocycles. The van der Waals surface area contributed by atoms with Crippen molar-refractivity contribution in [2.24, 2.45) is 0 Å². The van der Waals surface area contributed by atoms with Crippen molar-refractivity contribution < 1.29 is 9.53 Å². The number of pyridine rings is 1. The van der Waals surface area contributed by atoms with Crippen molar-refractivity contribution in [1.29, 1.82) is 0 Å². The average molecular weight is 446 g/mol. The summed E-state index contributed by atoms with van der Waals surface area (Å²) in [5, 5.41) is 3.40. The van der Waals surface area contributed by atoms with Gasteiger partial charge in [0.15, 0.2) is 11.3 Å². The first kappa shape index (κ1) is 23.2. The summed E-state index contributed by atoms with van der Waals surface area (Å²) in [6.07, 6.45) is 6.09. The van der Waals surface area contributed by atoms with E-state index in [0.717, 1.165) is 30.6 Å². The zero-order valence-electron chi connectivity index (χ0n) is 18.8. The summed E-state index contributed by atoms with van der Waals surface area (Å²) >= 11 is 6.43. The van der Waals surface area contributed by atoms with Crippen molar-refractivity contribution in [2.45, 2.75) is 65.5 Å². The van der Waals surface area contributed by atoms with E-state index in [0.29, 0.717) is 33.8 Å². The second-order valence-electron chi connectivity index (χ2n) is 8.19. The van der Waals surface area contributed by atoms with Gasteiger partial charge in [0, 0.05) is 40.6 Å². The van der Waals surface area contributed by atoms with Crippen LogP contribution in [0.2, 0.25) is 5.02 Å². The number of halogens is 1. The molecule has 0 atom stereocenters. The molecule has 1 aromatic carbocycles. The van der Waals surface area contributed by atoms with Gasteiger partial charge in [0.25, 0.3) is 5.91 Å². The third-order valence-corrected chi connectivity index (χ3v) is 6.33. The molecule has 7 heteroatoms. The van der Waals surface area contributed by atoms with Crippen LogP contribution in [0.4, 0.5) is 5.69 Å². The topological polar surface area (TPSA) is 74.4 Å². The molecule has 0 spiro atoms. The van der Waals surface area contributed by atoms with E-state index in [1.54, 1.807) is 13.0 Å². The van der Waals surface area contributed by atoms with Crippen molar-refractivity contribution in [3.63, 3.8) is 0 Å². The number of aromatic amines is 1. The Morgan fingerprint density at radius 3 is 2.58 bits per heavy atom. The van der Waals surface area contributed by atoms with Crippen molar-refractivity contribution in [3.05, 3.63) is 55.8 Å². The van der Waals surface area contributed by atoms with Gasteiger partial charge in [-0.15, -0.1) is 0 Å². The molecular weight excluding hydrogens is 414 g/mol. The Kier molecular flexibility index (Phi) is 7.65. The number of nitrogens with zero attached hydrogens (tertiary/aromatic N) is 1. The van der Waals surface area contributed by atoms with Crippen LogP contribution in [0.5, 0.6) is 5.88 Å². The SMILES string of the molecule is CCN(c1cc(Cl)cc(C(=O)NCc2c(OC)[nH]c(C)cc2=O)c1C)C1CCCCC1. The van der Waals surface area contributed by atoms with E-state index < -0.39 is 0 Å². The zero-order chi connectivity index (χ0) is 22.5. The van der Waals surface area contributed by atoms with Crippen LogP contribution in [0.15, 0.2) is 23.0 Å². The molecule has 0 aliphatic heterocycles. The standard InChI is InChI=1S/C24H32ClN3O3/c1-5-28(18-9-7-6-8-10-18)21-13-17(25)12-19(16(21)3)23(30)26-14-20-22(29)11-15(2)27-24(20)31-4/h11-13,18H,5-10,14H2,1-4H3,(H,26,30)(H,27,29). The number of amides is 1. The molecule has 6 nitrogen and oxygen atoms in total. The number of hydrogen-bond donors (Lipinski definition) is 2. The Labute approximate surface area is 188 Å². The molecule has 1 amide bonds. The molecule has 1 fully saturated rings. The second kappa shape index (κ2) is 10.2. The smallest absolute Gasteiger partial charge is 0.251 e. The van der Waals surface area contributed by atoms with E-state index >= 15 is 0 Å². The van der Waals surface area contributed by atoms with E-state index in [4.69, 9.17) is 16.3 Å². The van der Waals surface area contributed by atoms with Gasteiger partial charge in [0.1, 0.15) is 0 Å². The number of H-pyrrole nitrogens is 1. The predicted molar refractivity (Wildman–Crippen MR) is 126 cm³/mol. The van der Waals surface area contributed by atoms with Crippen LogP contribution in [0.1, 0.15) is 66.2 Å². The lowest BCUT2D eigenvalue weighted by Gasteiger charge is -2.36. The normalized spacial score (nSPS) is 14.4. The number of ether oxygens (including phenoxy) is 1. The van der Waals surface area contributed by atoms with Crippen LogP contribution in [-0.2, 0) is 6.54 Å². The quantitative estimate of drug-likeness (QED) is 0.645. The van der Waals surface area contributed by atoms with E-state index in [1.807, 2.05) is 13.0 Å². The molecule has 0 saturated heterocycles. The molecule has 31 heavy (non-hydrogen) atoms. The van der Waals surface area contributed by atoms with Crippen LogP contribution in [0, 0.1) is 13.8 Å². The van der Waals surface area contributed by atoms with Gasteiger partial charge in [0.2, 0.25) is 0 Å². The van der Waals surface area contributed by atoms with Crippen molar-refractivity contribution in [1.82, 2.24) is 10.3 Å². The lowest BCUT2D eigenvalue weighted by molar-refractivity contribution is 0.0950. The molecule has 1 aliphatic rings. The summed E-state index contributed by atoms with van der Waals surface area (Å²) in [5.41, 5.74) is 3.36. The Hall–Kier alpha value is -2.47. The number of carbonyl (C=O) groups excluding carboxylic acids is 1. The molecule has 2 N–H and O–H groups in total. The minimum absolute atomic E-state index is 0.0685. The summed E-state index contributed by atoms with van der Waals surface area (Å²) in [4.78, 5) is 30.8. The number of nitrogens with one attached hydrogen (secondary N) is 2. The summed E-state index contributed by atoms with van der Waals surface area (Å²) in [7, 11) is 1.49. The molecule has 0 unspecified atom stereocenters. The van der Waals surface area contributed by atoms with Gasteiger partial charge >= 0.3 is 0 Å². The van der Waals surface area contributed by atoms with Crippen LogP contribution in [0.25, 0.3) is 0 Å². The minimum Gasteiger partial charge on any atom is -0.482 e. The van der Waals surface area contributed by atoms with Gasteiger partial charge in [-0.05, 0) is 51.3 Å². The van der Waals surface area contributed by atoms with Gasteiger partial charge < -0.3 is 19.9 Å². The van der Waals surface area contributed by atoms with Gasteiger partial charge in [0.05, 0.1) is 19.2 Å².